The van der Waals surface area contributed by atoms with E-state index in [9.17, 15) is 13.2 Å². The van der Waals surface area contributed by atoms with Crippen LogP contribution in [0.4, 0.5) is 5.69 Å². The summed E-state index contributed by atoms with van der Waals surface area (Å²) in [4.78, 5) is 12.7. The summed E-state index contributed by atoms with van der Waals surface area (Å²) in [5.74, 6) is 0.748. The van der Waals surface area contributed by atoms with Crippen molar-refractivity contribution in [2.24, 2.45) is 17.0 Å². The molecule has 1 saturated carbocycles. The van der Waals surface area contributed by atoms with Crippen LogP contribution in [0.2, 0.25) is 0 Å². The van der Waals surface area contributed by atoms with Gasteiger partial charge in [-0.25, -0.2) is 13.6 Å². The summed E-state index contributed by atoms with van der Waals surface area (Å²) in [6, 6.07) is 3.00. The van der Waals surface area contributed by atoms with Crippen LogP contribution >= 0.6 is 0 Å². The van der Waals surface area contributed by atoms with Crippen LogP contribution in [0.1, 0.15) is 63.0 Å². The largest absolute Gasteiger partial charge is 0.326 e. The first-order valence-corrected chi connectivity index (χ1v) is 10.7. The van der Waals surface area contributed by atoms with Crippen LogP contribution in [0.3, 0.4) is 0 Å². The van der Waals surface area contributed by atoms with Gasteiger partial charge in [-0.1, -0.05) is 26.2 Å². The summed E-state index contributed by atoms with van der Waals surface area (Å²) in [5, 5.41) is 8.17. The Morgan fingerprint density at radius 3 is 2.40 bits per heavy atom. The van der Waals surface area contributed by atoms with Crippen LogP contribution in [0.25, 0.3) is 0 Å². The molecule has 0 radical (unpaired) electrons. The number of anilines is 1. The Morgan fingerprint density at radius 1 is 1.20 bits per heavy atom. The predicted octanol–water partition coefficient (Wildman–Crippen LogP) is 3.89. The van der Waals surface area contributed by atoms with Gasteiger partial charge >= 0.3 is 0 Å². The zero-order valence-electron chi connectivity index (χ0n) is 15.5. The van der Waals surface area contributed by atoms with Gasteiger partial charge in [0.2, 0.25) is 15.9 Å². The topological polar surface area (TPSA) is 89.3 Å². The minimum absolute atomic E-state index is 0.00993. The third kappa shape index (κ3) is 5.28. The molecule has 3 N–H and O–H groups in total. The SMILES string of the molecule is CCCCC1CCC(C(=O)Nc2cc(S(N)(=O)=O)cc(C)c2C)CC1. The highest BCUT2D eigenvalue weighted by Crippen LogP contribution is 2.33. The Kier molecular flexibility index (Phi) is 6.63. The van der Waals surface area contributed by atoms with E-state index in [1.807, 2.05) is 13.8 Å². The van der Waals surface area contributed by atoms with E-state index in [1.165, 1.54) is 25.3 Å². The normalized spacial score (nSPS) is 21.1. The van der Waals surface area contributed by atoms with Gasteiger partial charge in [0.25, 0.3) is 0 Å². The van der Waals surface area contributed by atoms with E-state index in [4.69, 9.17) is 5.14 Å². The van der Waals surface area contributed by atoms with Crippen LogP contribution in [0, 0.1) is 25.7 Å². The van der Waals surface area contributed by atoms with Gasteiger partial charge in [0, 0.05) is 11.6 Å². The first-order chi connectivity index (χ1) is 11.7. The molecular weight excluding hydrogens is 336 g/mol. The molecule has 0 heterocycles. The Morgan fingerprint density at radius 2 is 1.84 bits per heavy atom. The summed E-state index contributed by atoms with van der Waals surface area (Å²) >= 11 is 0. The monoisotopic (exact) mass is 366 g/mol. The van der Waals surface area contributed by atoms with Crippen molar-refractivity contribution in [3.8, 4) is 0 Å². The van der Waals surface area contributed by atoms with Gasteiger partial charge in [-0.2, -0.15) is 0 Å². The quantitative estimate of drug-likeness (QED) is 0.800. The number of benzene rings is 1. The van der Waals surface area contributed by atoms with Gasteiger partial charge < -0.3 is 5.32 Å². The highest BCUT2D eigenvalue weighted by Gasteiger charge is 2.26. The zero-order chi connectivity index (χ0) is 18.6. The van der Waals surface area contributed by atoms with Crippen molar-refractivity contribution in [1.82, 2.24) is 0 Å². The number of carbonyl (C=O) groups is 1. The molecule has 0 bridgehead atoms. The van der Waals surface area contributed by atoms with E-state index in [-0.39, 0.29) is 16.7 Å². The molecule has 1 aromatic rings. The summed E-state index contributed by atoms with van der Waals surface area (Å²) in [5.41, 5.74) is 2.21. The third-order valence-corrected chi connectivity index (χ3v) is 6.30. The number of aryl methyl sites for hydroxylation is 1. The number of carbonyl (C=O) groups excluding carboxylic acids is 1. The van der Waals surface area contributed by atoms with E-state index in [2.05, 4.69) is 12.2 Å². The van der Waals surface area contributed by atoms with Crippen molar-refractivity contribution < 1.29 is 13.2 Å². The molecule has 1 amide bonds. The molecule has 25 heavy (non-hydrogen) atoms. The van der Waals surface area contributed by atoms with Crippen LogP contribution in [0.15, 0.2) is 17.0 Å². The average molecular weight is 367 g/mol. The number of hydrogen-bond acceptors (Lipinski definition) is 3. The molecule has 0 aliphatic heterocycles. The van der Waals surface area contributed by atoms with E-state index >= 15 is 0 Å². The zero-order valence-corrected chi connectivity index (χ0v) is 16.3. The summed E-state index contributed by atoms with van der Waals surface area (Å²) in [6.45, 7) is 5.90. The number of sulfonamides is 1. The Labute approximate surface area is 151 Å². The number of nitrogens with one attached hydrogen (secondary N) is 1. The number of rotatable bonds is 6. The Balaban J connectivity index is 2.05. The maximum Gasteiger partial charge on any atom is 0.238 e. The molecule has 0 spiro atoms. The molecule has 0 atom stereocenters. The van der Waals surface area contributed by atoms with Gasteiger partial charge in [-0.3, -0.25) is 4.79 Å². The molecule has 0 saturated heterocycles. The maximum absolute atomic E-state index is 12.6. The Bertz CT molecular complexity index is 720. The molecular formula is C19H30N2O3S. The summed E-state index contributed by atoms with van der Waals surface area (Å²) in [6.07, 6.45) is 7.78. The highest BCUT2D eigenvalue weighted by molar-refractivity contribution is 7.89. The fraction of sp³-hybridized carbons (Fsp3) is 0.632. The minimum Gasteiger partial charge on any atom is -0.326 e. The maximum atomic E-state index is 12.6. The molecule has 6 heteroatoms. The highest BCUT2D eigenvalue weighted by atomic mass is 32.2. The van der Waals surface area contributed by atoms with E-state index < -0.39 is 10.0 Å². The van der Waals surface area contributed by atoms with Crippen LogP contribution < -0.4 is 10.5 Å². The minimum atomic E-state index is -3.79. The molecule has 0 aromatic heterocycles. The first kappa shape index (κ1) is 19.9. The Hall–Kier alpha value is -1.40. The molecule has 1 aromatic carbocycles. The van der Waals surface area contributed by atoms with Crippen LogP contribution in [-0.4, -0.2) is 14.3 Å². The smallest absolute Gasteiger partial charge is 0.238 e. The molecule has 1 aliphatic carbocycles. The molecule has 1 aliphatic rings. The fourth-order valence-corrected chi connectivity index (χ4v) is 4.18. The van der Waals surface area contributed by atoms with Gasteiger partial charge in [0.1, 0.15) is 0 Å². The van der Waals surface area contributed by atoms with E-state index in [0.29, 0.717) is 5.69 Å². The summed E-state index contributed by atoms with van der Waals surface area (Å²) < 4.78 is 23.2. The second kappa shape index (κ2) is 8.32. The molecule has 140 valence electrons. The van der Waals surface area contributed by atoms with Crippen LogP contribution in [0.5, 0.6) is 0 Å². The lowest BCUT2D eigenvalue weighted by Crippen LogP contribution is -2.27. The van der Waals surface area contributed by atoms with E-state index in [0.717, 1.165) is 42.7 Å². The number of hydrogen-bond donors (Lipinski definition) is 2. The molecule has 0 unspecified atom stereocenters. The van der Waals surface area contributed by atoms with Gasteiger partial charge in [-0.05, 0) is 68.7 Å². The van der Waals surface area contributed by atoms with Gasteiger partial charge in [-0.15, -0.1) is 0 Å². The number of amides is 1. The third-order valence-electron chi connectivity index (χ3n) is 5.41. The van der Waals surface area contributed by atoms with Crippen molar-refractivity contribution in [3.63, 3.8) is 0 Å². The van der Waals surface area contributed by atoms with Crippen molar-refractivity contribution in [2.45, 2.75) is 70.6 Å². The lowest BCUT2D eigenvalue weighted by molar-refractivity contribution is -0.121. The summed E-state index contributed by atoms with van der Waals surface area (Å²) in [7, 11) is -3.79. The van der Waals surface area contributed by atoms with Crippen molar-refractivity contribution in [1.29, 1.82) is 0 Å². The lowest BCUT2D eigenvalue weighted by atomic mass is 9.79. The average Bonchev–Trinajstić information content (AvgIpc) is 2.56. The number of nitrogens with two attached hydrogens (primary N) is 1. The number of unbranched alkanes of at least 4 members (excludes halogenated alkanes) is 1. The van der Waals surface area contributed by atoms with Crippen molar-refractivity contribution in [3.05, 3.63) is 23.3 Å². The second-order valence-electron chi connectivity index (χ2n) is 7.31. The van der Waals surface area contributed by atoms with Crippen LogP contribution in [-0.2, 0) is 14.8 Å². The first-order valence-electron chi connectivity index (χ1n) is 9.17. The van der Waals surface area contributed by atoms with E-state index in [1.54, 1.807) is 6.07 Å². The molecule has 5 nitrogen and oxygen atoms in total. The molecule has 2 rings (SSSR count). The lowest BCUT2D eigenvalue weighted by Gasteiger charge is -2.28. The van der Waals surface area contributed by atoms with Gasteiger partial charge in [0.05, 0.1) is 4.90 Å². The van der Waals surface area contributed by atoms with Gasteiger partial charge in [0.15, 0.2) is 0 Å². The van der Waals surface area contributed by atoms with Crippen molar-refractivity contribution in [2.75, 3.05) is 5.32 Å². The predicted molar refractivity (Wildman–Crippen MR) is 101 cm³/mol. The molecule has 1 fully saturated rings. The number of primary sulfonamides is 1. The van der Waals surface area contributed by atoms with Crippen molar-refractivity contribution >= 4 is 21.6 Å². The standard InChI is InChI=1S/C19H30N2O3S/c1-4-5-6-15-7-9-16(10-8-15)19(22)21-18-12-17(25(20,23)24)11-13(2)14(18)3/h11-12,15-16H,4-10H2,1-3H3,(H,21,22)(H2,20,23,24). The second-order valence-corrected chi connectivity index (χ2v) is 8.87. The fourth-order valence-electron chi connectivity index (χ4n) is 3.56.